The van der Waals surface area contributed by atoms with Crippen molar-refractivity contribution >= 4 is 22.7 Å². The summed E-state index contributed by atoms with van der Waals surface area (Å²) in [5, 5.41) is 19.6. The fraction of sp³-hybridized carbons (Fsp3) is 0.0714. The van der Waals surface area contributed by atoms with Gasteiger partial charge in [0.1, 0.15) is 0 Å². The number of rotatable bonds is 3. The van der Waals surface area contributed by atoms with E-state index in [1.54, 1.807) is 36.2 Å². The highest BCUT2D eigenvalue weighted by Crippen LogP contribution is 2.31. The Balaban J connectivity index is 2.40. The molecule has 100 valence electrons. The van der Waals surface area contributed by atoms with Crippen molar-refractivity contribution in [3.05, 3.63) is 58.1 Å². The van der Waals surface area contributed by atoms with Gasteiger partial charge in [-0.3, -0.25) is 10.1 Å². The molecule has 0 heterocycles. The Morgan fingerprint density at radius 1 is 1.30 bits per heavy atom. The highest BCUT2D eigenvalue weighted by Gasteiger charge is 2.12. The van der Waals surface area contributed by atoms with Gasteiger partial charge in [0, 0.05) is 24.9 Å². The second-order valence-corrected chi connectivity index (χ2v) is 4.22. The zero-order valence-electron chi connectivity index (χ0n) is 10.8. The van der Waals surface area contributed by atoms with E-state index >= 15 is 0 Å². The van der Waals surface area contributed by atoms with E-state index < -0.39 is 4.92 Å². The normalized spacial score (nSPS) is 9.80. The molecule has 0 aliphatic rings. The Kier molecular flexibility index (Phi) is 3.53. The molecule has 0 unspecified atom stereocenters. The van der Waals surface area contributed by atoms with Gasteiger partial charge in [-0.15, -0.1) is 0 Å². The molecule has 0 atom stereocenters. The van der Waals surface area contributed by atoms with E-state index in [0.29, 0.717) is 16.9 Å². The second-order valence-electron chi connectivity index (χ2n) is 4.22. The van der Waals surface area contributed by atoms with Gasteiger partial charge in [0.2, 0.25) is 0 Å². The lowest BCUT2D eigenvalue weighted by molar-refractivity contribution is -0.384. The van der Waals surface area contributed by atoms with Crippen LogP contribution in [0.5, 0.6) is 0 Å². The van der Waals surface area contributed by atoms with Crippen LogP contribution < -0.4 is 10.6 Å². The summed E-state index contributed by atoms with van der Waals surface area (Å²) in [6.07, 6.45) is 0. The summed E-state index contributed by atoms with van der Waals surface area (Å²) in [6, 6.07) is 13.4. The van der Waals surface area contributed by atoms with Gasteiger partial charge in [-0.2, -0.15) is 5.26 Å². The third kappa shape index (κ3) is 2.52. The standard InChI is InChI=1S/C14H12N4O2/c1-17(11-4-2-3-10(7-11)9-15)14-6-5-12(18(19)20)8-13(14)16/h2-8H,16H2,1H3. The molecule has 6 nitrogen and oxygen atoms in total. The van der Waals surface area contributed by atoms with E-state index in [2.05, 4.69) is 6.07 Å². The van der Waals surface area contributed by atoms with Crippen LogP contribution in [0, 0.1) is 21.4 Å². The van der Waals surface area contributed by atoms with Crippen molar-refractivity contribution in [3.8, 4) is 6.07 Å². The van der Waals surface area contributed by atoms with E-state index in [1.165, 1.54) is 12.1 Å². The number of nitrogens with two attached hydrogens (primary N) is 1. The zero-order chi connectivity index (χ0) is 14.7. The molecule has 2 aromatic carbocycles. The lowest BCUT2D eigenvalue weighted by Gasteiger charge is -2.21. The molecule has 2 rings (SSSR count). The number of hydrogen-bond donors (Lipinski definition) is 1. The second kappa shape index (κ2) is 5.28. The predicted octanol–water partition coefficient (Wildman–Crippen LogP) is 2.82. The van der Waals surface area contributed by atoms with E-state index in [4.69, 9.17) is 11.0 Å². The van der Waals surface area contributed by atoms with E-state index in [-0.39, 0.29) is 5.69 Å². The number of nitriles is 1. The highest BCUT2D eigenvalue weighted by atomic mass is 16.6. The summed E-state index contributed by atoms with van der Waals surface area (Å²) in [6.45, 7) is 0. The fourth-order valence-corrected chi connectivity index (χ4v) is 1.88. The first-order chi connectivity index (χ1) is 9.52. The Morgan fingerprint density at radius 2 is 2.05 bits per heavy atom. The van der Waals surface area contributed by atoms with Crippen LogP contribution >= 0.6 is 0 Å². The lowest BCUT2D eigenvalue weighted by atomic mass is 10.1. The molecule has 0 saturated heterocycles. The molecular formula is C14H12N4O2. The zero-order valence-corrected chi connectivity index (χ0v) is 10.8. The maximum atomic E-state index is 10.7. The Hall–Kier alpha value is -3.07. The van der Waals surface area contributed by atoms with Gasteiger partial charge >= 0.3 is 0 Å². The molecule has 0 amide bonds. The molecule has 0 bridgehead atoms. The Labute approximate surface area is 115 Å². The molecule has 0 aliphatic heterocycles. The summed E-state index contributed by atoms with van der Waals surface area (Å²) in [5.74, 6) is 0. The van der Waals surface area contributed by atoms with Crippen LogP contribution in [-0.2, 0) is 0 Å². The van der Waals surface area contributed by atoms with Gasteiger partial charge in [-0.05, 0) is 24.3 Å². The van der Waals surface area contributed by atoms with Crippen molar-refractivity contribution in [3.63, 3.8) is 0 Å². The summed E-state index contributed by atoms with van der Waals surface area (Å²) in [7, 11) is 1.79. The van der Waals surface area contributed by atoms with E-state index in [0.717, 1.165) is 5.69 Å². The van der Waals surface area contributed by atoms with Crippen molar-refractivity contribution in [2.24, 2.45) is 0 Å². The minimum atomic E-state index is -0.490. The molecule has 0 aliphatic carbocycles. The number of anilines is 3. The van der Waals surface area contributed by atoms with Crippen molar-refractivity contribution in [1.29, 1.82) is 5.26 Å². The number of non-ortho nitro benzene ring substituents is 1. The van der Waals surface area contributed by atoms with Crippen LogP contribution in [0.15, 0.2) is 42.5 Å². The SMILES string of the molecule is CN(c1cccc(C#N)c1)c1ccc([N+](=O)[O-])cc1N. The highest BCUT2D eigenvalue weighted by molar-refractivity contribution is 5.76. The Bertz CT molecular complexity index is 707. The molecule has 6 heteroatoms. The topological polar surface area (TPSA) is 96.2 Å². The van der Waals surface area contributed by atoms with Gasteiger partial charge in [0.25, 0.3) is 5.69 Å². The smallest absolute Gasteiger partial charge is 0.271 e. The van der Waals surface area contributed by atoms with Crippen LogP contribution in [0.4, 0.5) is 22.7 Å². The summed E-state index contributed by atoms with van der Waals surface area (Å²) in [4.78, 5) is 12.0. The van der Waals surface area contributed by atoms with Gasteiger partial charge in [0.15, 0.2) is 0 Å². The van der Waals surface area contributed by atoms with Gasteiger partial charge in [-0.25, -0.2) is 0 Å². The first-order valence-corrected chi connectivity index (χ1v) is 5.80. The number of nitrogens with zero attached hydrogens (tertiary/aromatic N) is 3. The van der Waals surface area contributed by atoms with Crippen LogP contribution in [-0.4, -0.2) is 12.0 Å². The lowest BCUT2D eigenvalue weighted by Crippen LogP contribution is -2.11. The molecule has 0 aromatic heterocycles. The first-order valence-electron chi connectivity index (χ1n) is 5.80. The van der Waals surface area contributed by atoms with Crippen LogP contribution in [0.3, 0.4) is 0 Å². The van der Waals surface area contributed by atoms with Crippen molar-refractivity contribution in [2.75, 3.05) is 17.7 Å². The van der Waals surface area contributed by atoms with Crippen molar-refractivity contribution < 1.29 is 4.92 Å². The Morgan fingerprint density at radius 3 is 2.65 bits per heavy atom. The molecule has 20 heavy (non-hydrogen) atoms. The predicted molar refractivity (Wildman–Crippen MR) is 76.7 cm³/mol. The van der Waals surface area contributed by atoms with Crippen molar-refractivity contribution in [2.45, 2.75) is 0 Å². The minimum Gasteiger partial charge on any atom is -0.397 e. The van der Waals surface area contributed by atoms with Crippen LogP contribution in [0.2, 0.25) is 0 Å². The average molecular weight is 268 g/mol. The van der Waals surface area contributed by atoms with Gasteiger partial charge in [-0.1, -0.05) is 6.07 Å². The average Bonchev–Trinajstić information content (AvgIpc) is 2.46. The van der Waals surface area contributed by atoms with E-state index in [1.807, 2.05) is 6.07 Å². The number of nitro groups is 1. The maximum Gasteiger partial charge on any atom is 0.271 e. The molecule has 0 spiro atoms. The minimum absolute atomic E-state index is 0.0505. The molecule has 0 fully saturated rings. The molecule has 0 saturated carbocycles. The molecule has 2 aromatic rings. The number of hydrogen-bond acceptors (Lipinski definition) is 5. The molecule has 2 N–H and O–H groups in total. The monoisotopic (exact) mass is 268 g/mol. The summed E-state index contributed by atoms with van der Waals surface area (Å²) in [5.41, 5.74) is 8.08. The quantitative estimate of drug-likeness (QED) is 0.524. The number of nitro benzene ring substituents is 1. The van der Waals surface area contributed by atoms with E-state index in [9.17, 15) is 10.1 Å². The molecular weight excluding hydrogens is 256 g/mol. The van der Waals surface area contributed by atoms with Crippen LogP contribution in [0.25, 0.3) is 0 Å². The van der Waals surface area contributed by atoms with Crippen LogP contribution in [0.1, 0.15) is 5.56 Å². The van der Waals surface area contributed by atoms with Gasteiger partial charge < -0.3 is 10.6 Å². The summed E-state index contributed by atoms with van der Waals surface area (Å²) < 4.78 is 0. The third-order valence-electron chi connectivity index (χ3n) is 2.95. The number of nitrogen functional groups attached to an aromatic ring is 1. The van der Waals surface area contributed by atoms with Crippen molar-refractivity contribution in [1.82, 2.24) is 0 Å². The fourth-order valence-electron chi connectivity index (χ4n) is 1.88. The largest absolute Gasteiger partial charge is 0.397 e. The first kappa shape index (κ1) is 13.4. The maximum absolute atomic E-state index is 10.7. The van der Waals surface area contributed by atoms with Gasteiger partial charge in [0.05, 0.1) is 27.9 Å². The number of benzene rings is 2. The third-order valence-corrected chi connectivity index (χ3v) is 2.95. The molecule has 0 radical (unpaired) electrons. The summed E-state index contributed by atoms with van der Waals surface area (Å²) >= 11 is 0.